The van der Waals surface area contributed by atoms with Crippen LogP contribution in [0, 0.1) is 17.0 Å². The second-order valence-electron chi connectivity index (χ2n) is 5.73. The molecule has 0 unspecified atom stereocenters. The van der Waals surface area contributed by atoms with E-state index in [9.17, 15) is 14.9 Å². The second kappa shape index (κ2) is 6.74. The maximum absolute atomic E-state index is 12.4. The highest BCUT2D eigenvalue weighted by Crippen LogP contribution is 2.33. The van der Waals surface area contributed by atoms with Crippen molar-refractivity contribution in [2.45, 2.75) is 25.8 Å². The molecule has 1 atom stereocenters. The van der Waals surface area contributed by atoms with E-state index in [1.165, 1.54) is 24.3 Å². The Morgan fingerprint density at radius 1 is 1.33 bits per heavy atom. The van der Waals surface area contributed by atoms with E-state index in [-0.39, 0.29) is 24.2 Å². The minimum atomic E-state index is -0.477. The lowest BCUT2D eigenvalue weighted by Crippen LogP contribution is -2.34. The Balaban J connectivity index is 1.60. The predicted molar refractivity (Wildman–Crippen MR) is 85.7 cm³/mol. The third kappa shape index (κ3) is 3.40. The van der Waals surface area contributed by atoms with Crippen molar-refractivity contribution in [3.63, 3.8) is 0 Å². The fraction of sp³-hybridized carbons (Fsp3) is 0.353. The summed E-state index contributed by atoms with van der Waals surface area (Å²) in [6, 6.07) is 9.43. The molecule has 1 aromatic heterocycles. The molecule has 2 heterocycles. The van der Waals surface area contributed by atoms with Crippen molar-refractivity contribution in [1.82, 2.24) is 4.90 Å². The molecule has 7 nitrogen and oxygen atoms in total. The zero-order valence-electron chi connectivity index (χ0n) is 13.3. The molecule has 0 aliphatic carbocycles. The van der Waals surface area contributed by atoms with Gasteiger partial charge in [-0.15, -0.1) is 0 Å². The standard InChI is InChI=1S/C17H18N2O5/c1-12-4-9-16(24-12)15-3-2-10-18(15)17(20)11-23-14-7-5-13(6-8-14)19(21)22/h4-9,15H,2-3,10-11H2,1H3/t15-/m1/s1. The van der Waals surface area contributed by atoms with Gasteiger partial charge in [0.15, 0.2) is 6.61 Å². The lowest BCUT2D eigenvalue weighted by molar-refractivity contribution is -0.384. The van der Waals surface area contributed by atoms with Gasteiger partial charge in [0.25, 0.3) is 11.6 Å². The number of hydrogen-bond donors (Lipinski definition) is 0. The van der Waals surface area contributed by atoms with E-state index in [2.05, 4.69) is 0 Å². The van der Waals surface area contributed by atoms with E-state index in [1.54, 1.807) is 4.90 Å². The highest BCUT2D eigenvalue weighted by Gasteiger charge is 2.32. The summed E-state index contributed by atoms with van der Waals surface area (Å²) in [4.78, 5) is 24.3. The van der Waals surface area contributed by atoms with Gasteiger partial charge in [-0.25, -0.2) is 0 Å². The minimum absolute atomic E-state index is 0.0125. The van der Waals surface area contributed by atoms with Crippen molar-refractivity contribution < 1.29 is 18.9 Å². The number of carbonyl (C=O) groups is 1. The lowest BCUT2D eigenvalue weighted by Gasteiger charge is -2.23. The largest absolute Gasteiger partial charge is 0.484 e. The van der Waals surface area contributed by atoms with Gasteiger partial charge in [-0.05, 0) is 44.0 Å². The van der Waals surface area contributed by atoms with Crippen LogP contribution in [0.3, 0.4) is 0 Å². The first-order chi connectivity index (χ1) is 11.5. The van der Waals surface area contributed by atoms with Crippen molar-refractivity contribution >= 4 is 11.6 Å². The van der Waals surface area contributed by atoms with Crippen LogP contribution in [0.4, 0.5) is 5.69 Å². The van der Waals surface area contributed by atoms with Gasteiger partial charge >= 0.3 is 0 Å². The minimum Gasteiger partial charge on any atom is -0.484 e. The normalized spacial score (nSPS) is 17.0. The van der Waals surface area contributed by atoms with Crippen molar-refractivity contribution in [3.05, 3.63) is 58.0 Å². The number of non-ortho nitro benzene ring substituents is 1. The number of nitrogens with zero attached hydrogens (tertiary/aromatic N) is 2. The summed E-state index contributed by atoms with van der Waals surface area (Å²) in [5, 5.41) is 10.6. The molecule has 1 fully saturated rings. The summed E-state index contributed by atoms with van der Waals surface area (Å²) in [6.07, 6.45) is 1.80. The van der Waals surface area contributed by atoms with Crippen LogP contribution in [-0.4, -0.2) is 28.9 Å². The molecule has 1 amide bonds. The molecule has 0 N–H and O–H groups in total. The maximum Gasteiger partial charge on any atom is 0.269 e. The molecular weight excluding hydrogens is 312 g/mol. The number of ether oxygens (including phenoxy) is 1. The Morgan fingerprint density at radius 3 is 2.71 bits per heavy atom. The van der Waals surface area contributed by atoms with E-state index < -0.39 is 4.92 Å². The third-order valence-electron chi connectivity index (χ3n) is 4.07. The fourth-order valence-electron chi connectivity index (χ4n) is 2.89. The molecule has 3 rings (SSSR count). The van der Waals surface area contributed by atoms with E-state index in [4.69, 9.17) is 9.15 Å². The molecule has 126 valence electrons. The molecule has 0 saturated carbocycles. The van der Waals surface area contributed by atoms with Gasteiger partial charge in [-0.2, -0.15) is 0 Å². The van der Waals surface area contributed by atoms with Crippen molar-refractivity contribution in [1.29, 1.82) is 0 Å². The monoisotopic (exact) mass is 330 g/mol. The molecule has 7 heteroatoms. The quantitative estimate of drug-likeness (QED) is 0.620. The molecule has 1 aromatic carbocycles. The fourth-order valence-corrected chi connectivity index (χ4v) is 2.89. The van der Waals surface area contributed by atoms with Crippen molar-refractivity contribution in [2.75, 3.05) is 13.2 Å². The maximum atomic E-state index is 12.4. The second-order valence-corrected chi connectivity index (χ2v) is 5.73. The van der Waals surface area contributed by atoms with Gasteiger partial charge in [-0.1, -0.05) is 0 Å². The van der Waals surface area contributed by atoms with Crippen LogP contribution in [0.15, 0.2) is 40.8 Å². The summed E-state index contributed by atoms with van der Waals surface area (Å²) >= 11 is 0. The van der Waals surface area contributed by atoms with Crippen LogP contribution in [0.2, 0.25) is 0 Å². The molecular formula is C17H18N2O5. The average molecular weight is 330 g/mol. The number of nitro groups is 1. The lowest BCUT2D eigenvalue weighted by atomic mass is 10.1. The number of likely N-dealkylation sites (tertiary alicyclic amines) is 1. The first-order valence-corrected chi connectivity index (χ1v) is 7.77. The number of hydrogen-bond acceptors (Lipinski definition) is 5. The van der Waals surface area contributed by atoms with Crippen molar-refractivity contribution in [2.24, 2.45) is 0 Å². The smallest absolute Gasteiger partial charge is 0.269 e. The SMILES string of the molecule is Cc1ccc([C@H]2CCCN2C(=O)COc2ccc([N+](=O)[O-])cc2)o1. The summed E-state index contributed by atoms with van der Waals surface area (Å²) in [6.45, 7) is 2.45. The van der Waals surface area contributed by atoms with Gasteiger partial charge in [0, 0.05) is 18.7 Å². The number of furan rings is 1. The predicted octanol–water partition coefficient (Wildman–Crippen LogP) is 3.24. The number of amides is 1. The highest BCUT2D eigenvalue weighted by molar-refractivity contribution is 5.78. The number of carbonyl (C=O) groups excluding carboxylic acids is 1. The van der Waals surface area contributed by atoms with E-state index in [0.29, 0.717) is 12.3 Å². The molecule has 1 saturated heterocycles. The molecule has 0 spiro atoms. The Kier molecular flexibility index (Phi) is 4.50. The van der Waals surface area contributed by atoms with Crippen LogP contribution in [0.25, 0.3) is 0 Å². The molecule has 0 radical (unpaired) electrons. The molecule has 24 heavy (non-hydrogen) atoms. The zero-order chi connectivity index (χ0) is 17.1. The van der Waals surface area contributed by atoms with Gasteiger partial charge in [0.1, 0.15) is 17.3 Å². The highest BCUT2D eigenvalue weighted by atomic mass is 16.6. The first kappa shape index (κ1) is 16.0. The Labute approximate surface area is 139 Å². The summed E-state index contributed by atoms with van der Waals surface area (Å²) in [5.41, 5.74) is -0.0125. The Bertz CT molecular complexity index is 738. The number of nitro benzene ring substituents is 1. The molecule has 1 aliphatic rings. The first-order valence-electron chi connectivity index (χ1n) is 7.77. The Hall–Kier alpha value is -2.83. The molecule has 0 bridgehead atoms. The molecule has 2 aromatic rings. The van der Waals surface area contributed by atoms with E-state index >= 15 is 0 Å². The summed E-state index contributed by atoms with van der Waals surface area (Å²) in [7, 11) is 0. The van der Waals surface area contributed by atoms with Crippen LogP contribution in [-0.2, 0) is 4.79 Å². The van der Waals surface area contributed by atoms with Crippen LogP contribution >= 0.6 is 0 Å². The number of aryl methyl sites for hydroxylation is 1. The zero-order valence-corrected chi connectivity index (χ0v) is 13.3. The Morgan fingerprint density at radius 2 is 2.08 bits per heavy atom. The average Bonchev–Trinajstić information content (AvgIpc) is 3.21. The van der Waals surface area contributed by atoms with Gasteiger partial charge < -0.3 is 14.1 Å². The summed E-state index contributed by atoms with van der Waals surface area (Å²) < 4.78 is 11.1. The van der Waals surface area contributed by atoms with Crippen LogP contribution < -0.4 is 4.74 Å². The van der Waals surface area contributed by atoms with E-state index in [1.807, 2.05) is 19.1 Å². The van der Waals surface area contributed by atoms with Gasteiger partial charge in [0.05, 0.1) is 11.0 Å². The van der Waals surface area contributed by atoms with Gasteiger partial charge in [-0.3, -0.25) is 14.9 Å². The summed E-state index contributed by atoms with van der Waals surface area (Å²) in [5.74, 6) is 1.93. The van der Waals surface area contributed by atoms with Crippen LogP contribution in [0.5, 0.6) is 5.75 Å². The third-order valence-corrected chi connectivity index (χ3v) is 4.07. The topological polar surface area (TPSA) is 85.8 Å². The molecule has 1 aliphatic heterocycles. The van der Waals surface area contributed by atoms with E-state index in [0.717, 1.165) is 24.4 Å². The number of rotatable bonds is 5. The number of benzene rings is 1. The van der Waals surface area contributed by atoms with Crippen molar-refractivity contribution in [3.8, 4) is 5.75 Å². The van der Waals surface area contributed by atoms with Gasteiger partial charge in [0.2, 0.25) is 0 Å². The van der Waals surface area contributed by atoms with Crippen LogP contribution in [0.1, 0.15) is 30.4 Å².